The predicted octanol–water partition coefficient (Wildman–Crippen LogP) is 4.31. The van der Waals surface area contributed by atoms with Crippen LogP contribution in [0.15, 0.2) is 36.4 Å². The van der Waals surface area contributed by atoms with Crippen LogP contribution in [0.5, 0.6) is 11.5 Å². The first-order valence-corrected chi connectivity index (χ1v) is 9.09. The number of halogens is 1. The summed E-state index contributed by atoms with van der Waals surface area (Å²) in [6.45, 7) is 5.47. The molecule has 1 aliphatic heterocycles. The highest BCUT2D eigenvalue weighted by Crippen LogP contribution is 2.38. The summed E-state index contributed by atoms with van der Waals surface area (Å²) in [5, 5.41) is 6.86. The third-order valence-electron chi connectivity index (χ3n) is 4.18. The molecule has 1 aliphatic rings. The Morgan fingerprint density at radius 3 is 2.85 bits per heavy atom. The van der Waals surface area contributed by atoms with E-state index in [9.17, 15) is 4.79 Å². The zero-order valence-electron chi connectivity index (χ0n) is 15.0. The van der Waals surface area contributed by atoms with Crippen molar-refractivity contribution in [1.29, 1.82) is 0 Å². The van der Waals surface area contributed by atoms with Gasteiger partial charge in [0.1, 0.15) is 0 Å². The van der Waals surface area contributed by atoms with Crippen molar-refractivity contribution in [3.8, 4) is 11.5 Å². The van der Waals surface area contributed by atoms with Crippen LogP contribution in [0.1, 0.15) is 37.4 Å². The first-order valence-electron chi connectivity index (χ1n) is 8.72. The fourth-order valence-corrected chi connectivity index (χ4v) is 3.15. The highest BCUT2D eigenvalue weighted by atomic mass is 35.5. The molecule has 2 aromatic carbocycles. The maximum Gasteiger partial charge on any atom is 0.221 e. The van der Waals surface area contributed by atoms with Gasteiger partial charge in [-0.05, 0) is 42.3 Å². The average Bonchev–Trinajstić information content (AvgIpc) is 2.85. The fourth-order valence-electron chi connectivity index (χ4n) is 2.86. The first-order chi connectivity index (χ1) is 12.5. The molecule has 1 amide bonds. The number of carbonyl (C=O) groups is 1. The number of hydrogen-bond acceptors (Lipinski definition) is 4. The van der Waals surface area contributed by atoms with E-state index < -0.39 is 0 Å². The number of hydrogen-bond donors (Lipinski definition) is 2. The van der Waals surface area contributed by atoms with Crippen LogP contribution in [-0.2, 0) is 11.3 Å². The first kappa shape index (κ1) is 18.5. The van der Waals surface area contributed by atoms with Crippen molar-refractivity contribution in [2.24, 2.45) is 0 Å². The molecule has 0 fully saturated rings. The van der Waals surface area contributed by atoms with Gasteiger partial charge in [0.15, 0.2) is 11.5 Å². The lowest BCUT2D eigenvalue weighted by atomic mass is 10.1. The van der Waals surface area contributed by atoms with Crippen LogP contribution in [0.3, 0.4) is 0 Å². The molecule has 2 N–H and O–H groups in total. The molecule has 2 aromatic rings. The molecule has 0 bridgehead atoms. The molecule has 0 aliphatic carbocycles. The van der Waals surface area contributed by atoms with Gasteiger partial charge in [0.25, 0.3) is 0 Å². The molecule has 6 heteroatoms. The van der Waals surface area contributed by atoms with E-state index >= 15 is 0 Å². The van der Waals surface area contributed by atoms with E-state index in [0.717, 1.165) is 23.2 Å². The zero-order chi connectivity index (χ0) is 18.5. The Kier molecular flexibility index (Phi) is 6.01. The Labute approximate surface area is 158 Å². The minimum atomic E-state index is -0.0791. The number of fused-ring (bicyclic) bond motifs is 1. The molecule has 26 heavy (non-hydrogen) atoms. The van der Waals surface area contributed by atoms with Crippen molar-refractivity contribution in [3.05, 3.63) is 52.5 Å². The van der Waals surface area contributed by atoms with Crippen LogP contribution in [-0.4, -0.2) is 19.1 Å². The summed E-state index contributed by atoms with van der Waals surface area (Å²) in [5.74, 6) is 1.25. The maximum absolute atomic E-state index is 11.2. The normalized spacial score (nSPS) is 14.4. The van der Waals surface area contributed by atoms with E-state index in [-0.39, 0.29) is 11.9 Å². The number of nitrogens with one attached hydrogen (secondary N) is 2. The van der Waals surface area contributed by atoms with Crippen molar-refractivity contribution in [1.82, 2.24) is 5.32 Å². The van der Waals surface area contributed by atoms with Gasteiger partial charge in [0.05, 0.1) is 18.2 Å². The van der Waals surface area contributed by atoms with Gasteiger partial charge in [-0.1, -0.05) is 23.7 Å². The molecular formula is C20H23ClN2O3. The fraction of sp³-hybridized carbons (Fsp3) is 0.350. The second-order valence-corrected chi connectivity index (χ2v) is 6.77. The Morgan fingerprint density at radius 1 is 1.23 bits per heavy atom. The van der Waals surface area contributed by atoms with Crippen LogP contribution in [0.4, 0.5) is 5.69 Å². The van der Waals surface area contributed by atoms with Gasteiger partial charge in [-0.3, -0.25) is 4.79 Å². The molecule has 1 atom stereocenters. The van der Waals surface area contributed by atoms with E-state index in [4.69, 9.17) is 21.1 Å². The monoisotopic (exact) mass is 374 g/mol. The number of anilines is 1. The molecule has 0 saturated carbocycles. The van der Waals surface area contributed by atoms with Gasteiger partial charge in [0.2, 0.25) is 5.91 Å². The summed E-state index contributed by atoms with van der Waals surface area (Å²) in [6, 6.07) is 11.8. The maximum atomic E-state index is 11.2. The smallest absolute Gasteiger partial charge is 0.221 e. The number of ether oxygens (including phenoxy) is 2. The molecule has 1 heterocycles. The molecule has 5 nitrogen and oxygen atoms in total. The molecule has 0 saturated heterocycles. The third-order valence-corrected chi connectivity index (χ3v) is 4.46. The predicted molar refractivity (Wildman–Crippen MR) is 103 cm³/mol. The van der Waals surface area contributed by atoms with Crippen molar-refractivity contribution in [2.75, 3.05) is 18.5 Å². The molecular weight excluding hydrogens is 352 g/mol. The van der Waals surface area contributed by atoms with Gasteiger partial charge >= 0.3 is 0 Å². The zero-order valence-corrected chi connectivity index (χ0v) is 15.7. The Bertz CT molecular complexity index is 795. The largest absolute Gasteiger partial charge is 0.489 e. The molecule has 0 radical (unpaired) electrons. The Balaban J connectivity index is 1.68. The Hall–Kier alpha value is -2.24. The highest BCUT2D eigenvalue weighted by molar-refractivity contribution is 6.32. The minimum Gasteiger partial charge on any atom is -0.489 e. The van der Waals surface area contributed by atoms with E-state index in [1.54, 1.807) is 0 Å². The average molecular weight is 375 g/mol. The lowest BCUT2D eigenvalue weighted by Gasteiger charge is -2.17. The standard InChI is InChI=1S/C20H23ClN2O3/c1-13(16-5-3-6-17(11-16)23-14(2)24)22-12-15-9-18(21)20-19(10-15)25-7-4-8-26-20/h3,5-6,9-11,13,22H,4,7-8,12H2,1-2H3,(H,23,24)/t13-/m1/s1. The summed E-state index contributed by atoms with van der Waals surface area (Å²) in [5.41, 5.74) is 2.92. The van der Waals surface area contributed by atoms with E-state index in [1.165, 1.54) is 6.92 Å². The molecule has 0 unspecified atom stereocenters. The quantitative estimate of drug-likeness (QED) is 0.818. The highest BCUT2D eigenvalue weighted by Gasteiger charge is 2.16. The summed E-state index contributed by atoms with van der Waals surface area (Å²) in [6.07, 6.45) is 0.847. The lowest BCUT2D eigenvalue weighted by molar-refractivity contribution is -0.114. The number of rotatable bonds is 5. The third kappa shape index (κ3) is 4.68. The SMILES string of the molecule is CC(=O)Nc1cccc([C@@H](C)NCc2cc(Cl)c3c(c2)OCCCO3)c1. The van der Waals surface area contributed by atoms with Crippen molar-refractivity contribution < 1.29 is 14.3 Å². The van der Waals surface area contributed by atoms with Crippen molar-refractivity contribution >= 4 is 23.2 Å². The van der Waals surface area contributed by atoms with Gasteiger partial charge in [-0.15, -0.1) is 0 Å². The van der Waals surface area contributed by atoms with E-state index in [0.29, 0.717) is 36.3 Å². The van der Waals surface area contributed by atoms with Crippen LogP contribution in [0, 0.1) is 0 Å². The van der Waals surface area contributed by atoms with Crippen LogP contribution >= 0.6 is 11.6 Å². The molecule has 0 spiro atoms. The van der Waals surface area contributed by atoms with Crippen LogP contribution in [0.25, 0.3) is 0 Å². The second-order valence-electron chi connectivity index (χ2n) is 6.36. The van der Waals surface area contributed by atoms with Crippen molar-refractivity contribution in [2.45, 2.75) is 32.9 Å². The van der Waals surface area contributed by atoms with E-state index in [1.807, 2.05) is 36.4 Å². The summed E-state index contributed by atoms with van der Waals surface area (Å²) in [4.78, 5) is 11.2. The van der Waals surface area contributed by atoms with Gasteiger partial charge in [0, 0.05) is 31.6 Å². The van der Waals surface area contributed by atoms with Gasteiger partial charge in [-0.25, -0.2) is 0 Å². The number of benzene rings is 2. The number of carbonyl (C=O) groups excluding carboxylic acids is 1. The Morgan fingerprint density at radius 2 is 2.04 bits per heavy atom. The lowest BCUT2D eigenvalue weighted by Crippen LogP contribution is -2.18. The van der Waals surface area contributed by atoms with Gasteiger partial charge in [-0.2, -0.15) is 0 Å². The summed E-state index contributed by atoms with van der Waals surface area (Å²) >= 11 is 6.35. The summed E-state index contributed by atoms with van der Waals surface area (Å²) < 4.78 is 11.4. The van der Waals surface area contributed by atoms with E-state index in [2.05, 4.69) is 17.6 Å². The minimum absolute atomic E-state index is 0.0791. The topological polar surface area (TPSA) is 59.6 Å². The van der Waals surface area contributed by atoms with Crippen molar-refractivity contribution in [3.63, 3.8) is 0 Å². The number of amides is 1. The molecule has 3 rings (SSSR count). The summed E-state index contributed by atoms with van der Waals surface area (Å²) in [7, 11) is 0. The second kappa shape index (κ2) is 8.43. The molecule has 0 aromatic heterocycles. The molecule has 138 valence electrons. The van der Waals surface area contributed by atoms with Gasteiger partial charge < -0.3 is 20.1 Å². The van der Waals surface area contributed by atoms with Crippen LogP contribution in [0.2, 0.25) is 5.02 Å². The van der Waals surface area contributed by atoms with Crippen LogP contribution < -0.4 is 20.1 Å².